The number of carbonyl (C=O) groups excluding carboxylic acids is 1. The summed E-state index contributed by atoms with van der Waals surface area (Å²) < 4.78 is 23.9. The van der Waals surface area contributed by atoms with Crippen LogP contribution in [0.3, 0.4) is 0 Å². The number of quaternary nitrogens is 1. The molecule has 0 fully saturated rings. The lowest BCUT2D eigenvalue weighted by Gasteiger charge is -2.25. The van der Waals surface area contributed by atoms with E-state index in [1.807, 2.05) is 27.2 Å². The number of hydrogen-bond acceptors (Lipinski definition) is 5. The number of rotatable bonds is 78. The van der Waals surface area contributed by atoms with Gasteiger partial charge in [-0.15, -0.1) is 0 Å². The summed E-state index contributed by atoms with van der Waals surface area (Å²) in [6.45, 7) is 4.86. The van der Waals surface area contributed by atoms with E-state index >= 15 is 0 Å². The number of nitrogens with one attached hydrogen (secondary N) is 1. The SMILES string of the molecule is CCCCCCCCCCCCCCCCCCCCCCCC/C=C/CC/C=C/CC/C=C/C(O)C(COP(=O)(O)OCC[N+](C)(C)C)NC(=O)CCCCCCCCCCCCCCCCCCCCCCCCCCCCCCCCCCCCCCCC. The molecule has 0 aliphatic rings. The van der Waals surface area contributed by atoms with Crippen molar-refractivity contribution in [2.24, 2.45) is 0 Å². The second-order valence-corrected chi connectivity index (χ2v) is 31.3. The average Bonchev–Trinajstić information content (AvgIpc) is 2.74. The van der Waals surface area contributed by atoms with Crippen LogP contribution in [0.5, 0.6) is 0 Å². The van der Waals surface area contributed by atoms with Gasteiger partial charge in [-0.1, -0.05) is 423 Å². The molecule has 0 aromatic heterocycles. The van der Waals surface area contributed by atoms with Crippen LogP contribution in [0.2, 0.25) is 0 Å². The fraction of sp³-hybridized carbons (Fsp3) is 0.916. The Morgan fingerprint density at radius 2 is 0.598 bits per heavy atom. The predicted molar refractivity (Wildman–Crippen MR) is 406 cm³/mol. The third-order valence-electron chi connectivity index (χ3n) is 19.3. The first-order chi connectivity index (χ1) is 45.0. The molecule has 0 heterocycles. The second kappa shape index (κ2) is 74.0. The molecule has 0 radical (unpaired) electrons. The van der Waals surface area contributed by atoms with Gasteiger partial charge in [0.05, 0.1) is 39.9 Å². The highest BCUT2D eigenvalue weighted by atomic mass is 31.2. The lowest BCUT2D eigenvalue weighted by Crippen LogP contribution is -2.45. The molecule has 92 heavy (non-hydrogen) atoms. The number of phosphoric ester groups is 1. The summed E-state index contributed by atoms with van der Waals surface area (Å²) in [5.74, 6) is -0.181. The molecule has 0 spiro atoms. The largest absolute Gasteiger partial charge is 0.472 e. The zero-order valence-corrected chi connectivity index (χ0v) is 63.7. The molecule has 0 bridgehead atoms. The maximum atomic E-state index is 13.1. The number of amides is 1. The van der Waals surface area contributed by atoms with Crippen LogP contribution in [0.15, 0.2) is 36.5 Å². The van der Waals surface area contributed by atoms with Gasteiger partial charge in [-0.25, -0.2) is 4.57 Å². The van der Waals surface area contributed by atoms with E-state index in [1.54, 1.807) is 6.08 Å². The van der Waals surface area contributed by atoms with E-state index in [1.165, 1.54) is 372 Å². The Morgan fingerprint density at radius 3 is 0.870 bits per heavy atom. The third kappa shape index (κ3) is 76.1. The minimum Gasteiger partial charge on any atom is -0.387 e. The van der Waals surface area contributed by atoms with E-state index in [0.717, 1.165) is 44.9 Å². The van der Waals surface area contributed by atoms with E-state index in [4.69, 9.17) is 9.05 Å². The number of nitrogens with zero attached hydrogens (tertiary/aromatic N) is 1. The molecule has 9 heteroatoms. The maximum absolute atomic E-state index is 13.1. The summed E-state index contributed by atoms with van der Waals surface area (Å²) >= 11 is 0. The van der Waals surface area contributed by atoms with Gasteiger partial charge in [-0.05, 0) is 44.9 Å². The Morgan fingerprint density at radius 1 is 0.359 bits per heavy atom. The first-order valence-electron chi connectivity index (χ1n) is 41.4. The Bertz CT molecular complexity index is 1600. The monoisotopic (exact) mass is 1320 g/mol. The zero-order chi connectivity index (χ0) is 66.9. The molecule has 3 atom stereocenters. The van der Waals surface area contributed by atoms with Crippen LogP contribution in [0, 0.1) is 0 Å². The number of phosphoric acid groups is 1. The predicted octanol–water partition coefficient (Wildman–Crippen LogP) is 27.1. The highest BCUT2D eigenvalue weighted by molar-refractivity contribution is 7.47. The molecule has 546 valence electrons. The molecule has 3 unspecified atom stereocenters. The molecule has 8 nitrogen and oxygen atoms in total. The van der Waals surface area contributed by atoms with Gasteiger partial charge in [0.25, 0.3) is 0 Å². The highest BCUT2D eigenvalue weighted by Crippen LogP contribution is 2.43. The number of aliphatic hydroxyl groups excluding tert-OH is 1. The van der Waals surface area contributed by atoms with Gasteiger partial charge in [0.1, 0.15) is 13.2 Å². The van der Waals surface area contributed by atoms with E-state index in [9.17, 15) is 19.4 Å². The fourth-order valence-electron chi connectivity index (χ4n) is 13.0. The standard InChI is InChI=1S/C83H163N2O6P/c1-6-8-10-12-14-16-18-20-22-24-26-28-30-32-34-36-38-40-41-42-43-44-45-47-49-51-53-55-57-59-61-63-65-67-69-71-73-75-77-83(87)84-81(80-91-92(88,89)90-79-78-85(3,4)5)82(86)76-74-72-70-68-66-64-62-60-58-56-54-52-50-48-46-39-37-35-33-31-29-27-25-23-21-19-17-15-13-11-9-7-2/h58,60,66,68,74,76,81-82,86H,6-57,59,61-65,67,69-73,75,77-80H2,1-5H3,(H-,84,87,88,89)/p+1/b60-58+,68-66+,76-74+. The van der Waals surface area contributed by atoms with Crippen molar-refractivity contribution in [2.75, 3.05) is 40.9 Å². The zero-order valence-electron chi connectivity index (χ0n) is 62.8. The Labute approximate surface area is 576 Å². The Hall–Kier alpha value is -1.28. The van der Waals surface area contributed by atoms with E-state index in [2.05, 4.69) is 43.5 Å². The quantitative estimate of drug-likeness (QED) is 0.0243. The summed E-state index contributed by atoms with van der Waals surface area (Å²) in [4.78, 5) is 23.5. The van der Waals surface area contributed by atoms with Gasteiger partial charge in [-0.2, -0.15) is 0 Å². The van der Waals surface area contributed by atoms with Gasteiger partial charge in [-0.3, -0.25) is 13.8 Å². The number of likely N-dealkylation sites (N-methyl/N-ethyl adjacent to an activating group) is 1. The fourth-order valence-corrected chi connectivity index (χ4v) is 13.7. The summed E-state index contributed by atoms with van der Waals surface area (Å²) in [6, 6.07) is -0.871. The van der Waals surface area contributed by atoms with Crippen molar-refractivity contribution >= 4 is 13.7 Å². The van der Waals surface area contributed by atoms with E-state index in [0.29, 0.717) is 17.4 Å². The molecule has 1 amide bonds. The minimum absolute atomic E-state index is 0.0556. The molecule has 0 rings (SSSR count). The average molecular weight is 1320 g/mol. The summed E-state index contributed by atoms with van der Waals surface area (Å²) in [6.07, 6.45) is 101. The molecule has 0 aromatic rings. The smallest absolute Gasteiger partial charge is 0.387 e. The minimum atomic E-state index is -4.37. The third-order valence-corrected chi connectivity index (χ3v) is 20.3. The molecular formula is C83H164N2O6P+. The van der Waals surface area contributed by atoms with Crippen LogP contribution in [0.4, 0.5) is 0 Å². The van der Waals surface area contributed by atoms with Crippen molar-refractivity contribution in [3.8, 4) is 0 Å². The number of allylic oxidation sites excluding steroid dienone is 5. The van der Waals surface area contributed by atoms with Crippen LogP contribution in [0.25, 0.3) is 0 Å². The lowest BCUT2D eigenvalue weighted by atomic mass is 10.0. The normalized spacial score (nSPS) is 13.6. The maximum Gasteiger partial charge on any atom is 0.472 e. The summed E-state index contributed by atoms with van der Waals surface area (Å²) in [5, 5.41) is 14.0. The number of unbranched alkanes of at least 4 members (excludes halogenated alkanes) is 61. The first-order valence-corrected chi connectivity index (χ1v) is 42.9. The Balaban J connectivity index is 3.96. The van der Waals surface area contributed by atoms with Crippen molar-refractivity contribution in [1.29, 1.82) is 0 Å². The Kier molecular flexibility index (Phi) is 72.9. The topological polar surface area (TPSA) is 105 Å². The van der Waals surface area contributed by atoms with Crippen molar-refractivity contribution in [1.82, 2.24) is 5.32 Å². The summed E-state index contributed by atoms with van der Waals surface area (Å²) in [5.41, 5.74) is 0. The lowest BCUT2D eigenvalue weighted by molar-refractivity contribution is -0.870. The summed E-state index contributed by atoms with van der Waals surface area (Å²) in [7, 11) is 1.57. The van der Waals surface area contributed by atoms with Gasteiger partial charge < -0.3 is 19.8 Å². The van der Waals surface area contributed by atoms with E-state index < -0.39 is 20.0 Å². The van der Waals surface area contributed by atoms with Crippen molar-refractivity contribution in [3.63, 3.8) is 0 Å². The van der Waals surface area contributed by atoms with Gasteiger partial charge in [0, 0.05) is 6.42 Å². The molecule has 0 aromatic carbocycles. The highest BCUT2D eigenvalue weighted by Gasteiger charge is 2.28. The van der Waals surface area contributed by atoms with Crippen LogP contribution >= 0.6 is 7.82 Å². The molecule has 0 saturated heterocycles. The van der Waals surface area contributed by atoms with Crippen LogP contribution < -0.4 is 5.32 Å². The molecule has 3 N–H and O–H groups in total. The van der Waals surface area contributed by atoms with Crippen LogP contribution in [0.1, 0.15) is 438 Å². The van der Waals surface area contributed by atoms with Crippen LogP contribution in [-0.2, 0) is 18.4 Å². The number of carbonyl (C=O) groups is 1. The van der Waals surface area contributed by atoms with Gasteiger partial charge in [0.2, 0.25) is 5.91 Å². The molecular weight excluding hydrogens is 1150 g/mol. The molecule has 0 saturated carbocycles. The first kappa shape index (κ1) is 90.7. The molecule has 0 aliphatic heterocycles. The molecule has 0 aliphatic carbocycles. The van der Waals surface area contributed by atoms with Crippen molar-refractivity contribution in [3.05, 3.63) is 36.5 Å². The number of aliphatic hydroxyl groups is 1. The van der Waals surface area contributed by atoms with Gasteiger partial charge >= 0.3 is 7.82 Å². The van der Waals surface area contributed by atoms with Gasteiger partial charge in [0.15, 0.2) is 0 Å². The number of hydrogen-bond donors (Lipinski definition) is 3. The van der Waals surface area contributed by atoms with Crippen molar-refractivity contribution < 1.29 is 32.9 Å². The van der Waals surface area contributed by atoms with Crippen LogP contribution in [-0.4, -0.2) is 73.4 Å². The van der Waals surface area contributed by atoms with E-state index in [-0.39, 0.29) is 19.1 Å². The van der Waals surface area contributed by atoms with Crippen molar-refractivity contribution in [2.45, 2.75) is 450 Å². The second-order valence-electron chi connectivity index (χ2n) is 29.8.